The van der Waals surface area contributed by atoms with Crippen LogP contribution in [0.2, 0.25) is 0 Å². The molecular weight excluding hydrogens is 919 g/mol. The molecule has 0 atom stereocenters. The van der Waals surface area contributed by atoms with E-state index >= 15 is 0 Å². The lowest BCUT2D eigenvalue weighted by atomic mass is 9.52. The first kappa shape index (κ1) is 42.7. The monoisotopic (exact) mass is 965 g/mol. The summed E-state index contributed by atoms with van der Waals surface area (Å²) in [4.78, 5) is 2.40. The molecule has 13 aromatic rings. The molecule has 0 fully saturated rings. The average Bonchev–Trinajstić information content (AvgIpc) is 4.32. The Morgan fingerprint density at radius 1 is 0.250 bits per heavy atom. The Bertz CT molecular complexity index is 4370. The van der Waals surface area contributed by atoms with E-state index in [0.717, 1.165) is 50.1 Å². The Hall–Kier alpha value is -9.76. The van der Waals surface area contributed by atoms with Crippen LogP contribution in [0.3, 0.4) is 0 Å². The summed E-state index contributed by atoms with van der Waals surface area (Å²) in [6, 6.07) is 106. The Morgan fingerprint density at radius 2 is 0.658 bits per heavy atom. The fourth-order valence-electron chi connectivity index (χ4n) is 14.0. The molecule has 12 aromatic carbocycles. The van der Waals surface area contributed by atoms with Gasteiger partial charge in [-0.05, 0) is 125 Å². The number of nitrogens with zero attached hydrogens (tertiary/aromatic N) is 1. The van der Waals surface area contributed by atoms with E-state index in [0.29, 0.717) is 0 Å². The van der Waals surface area contributed by atoms with Gasteiger partial charge in [0, 0.05) is 33.3 Å². The largest absolute Gasteiger partial charge is 0.455 e. The number of hydrogen-bond acceptors (Lipinski definition) is 2. The van der Waals surface area contributed by atoms with Gasteiger partial charge in [-0.2, -0.15) is 0 Å². The van der Waals surface area contributed by atoms with E-state index in [-0.39, 0.29) is 0 Å². The van der Waals surface area contributed by atoms with Crippen molar-refractivity contribution in [3.63, 3.8) is 0 Å². The third-order valence-corrected chi connectivity index (χ3v) is 17.0. The summed E-state index contributed by atoms with van der Waals surface area (Å²) in [5.41, 5.74) is 26.7. The molecule has 0 saturated heterocycles. The number of fused-ring (bicyclic) bond motifs is 19. The van der Waals surface area contributed by atoms with Crippen LogP contribution in [-0.2, 0) is 10.8 Å². The molecule has 16 rings (SSSR count). The lowest BCUT2D eigenvalue weighted by molar-refractivity contribution is 0.633. The van der Waals surface area contributed by atoms with Gasteiger partial charge in [0.2, 0.25) is 0 Å². The zero-order valence-electron chi connectivity index (χ0n) is 41.5. The SMILES string of the molecule is c1ccc(-c2ccc(N(c3ccc(-c4cccc5c4-c4ccccc4C54c5ccccc5C5(c6ccccc6-c6ccccc65)c5ccccc54)cc3)c3ccccc3-c3cccc4c3oc3ccccc34)cc2)cc1. The van der Waals surface area contributed by atoms with Crippen LogP contribution >= 0.6 is 0 Å². The van der Waals surface area contributed by atoms with Gasteiger partial charge in [-0.1, -0.05) is 249 Å². The number of benzene rings is 12. The van der Waals surface area contributed by atoms with Gasteiger partial charge in [0.1, 0.15) is 11.2 Å². The highest BCUT2D eigenvalue weighted by Gasteiger charge is 2.59. The van der Waals surface area contributed by atoms with Gasteiger partial charge in [-0.15, -0.1) is 0 Å². The Morgan fingerprint density at radius 3 is 1.29 bits per heavy atom. The summed E-state index contributed by atoms with van der Waals surface area (Å²) in [7, 11) is 0. The zero-order chi connectivity index (χ0) is 50.0. The third-order valence-electron chi connectivity index (χ3n) is 17.0. The Kier molecular flexibility index (Phi) is 9.20. The normalized spacial score (nSPS) is 13.7. The van der Waals surface area contributed by atoms with Crippen molar-refractivity contribution in [2.75, 3.05) is 4.90 Å². The van der Waals surface area contributed by atoms with Gasteiger partial charge in [0.15, 0.2) is 0 Å². The molecule has 0 aliphatic heterocycles. The fourth-order valence-corrected chi connectivity index (χ4v) is 14.0. The molecule has 2 spiro atoms. The summed E-state index contributed by atoms with van der Waals surface area (Å²) < 4.78 is 6.69. The standard InChI is InChI=1S/C74H47NO/c1-2-20-48(21-3-1)49-40-44-51(45-41-49)75(69-38-16-7-24-56(69)58-28-18-29-59-57-25-8-17-39-70(57)76-72(58)59)52-46-42-50(43-47-52)53-27-19-37-68-71(53)60-26-6-11-32-63(60)74(68)66-35-14-12-33-64(66)73(65-34-13-15-36-67(65)74)61-30-9-4-22-54(61)55-23-5-10-31-62(55)73/h1-47H. The molecule has 0 radical (unpaired) electrons. The second-order valence-electron chi connectivity index (χ2n) is 20.5. The van der Waals surface area contributed by atoms with E-state index in [1.54, 1.807) is 0 Å². The number of furan rings is 1. The predicted molar refractivity (Wildman–Crippen MR) is 313 cm³/mol. The number of hydrogen-bond donors (Lipinski definition) is 0. The second kappa shape index (κ2) is 16.4. The van der Waals surface area contributed by atoms with E-state index in [1.165, 1.54) is 89.0 Å². The summed E-state index contributed by atoms with van der Waals surface area (Å²) in [5, 5.41) is 2.23. The smallest absolute Gasteiger partial charge is 0.143 e. The van der Waals surface area contributed by atoms with Crippen molar-refractivity contribution in [1.29, 1.82) is 0 Å². The molecule has 0 amide bonds. The topological polar surface area (TPSA) is 16.4 Å². The first-order valence-electron chi connectivity index (χ1n) is 26.4. The summed E-state index contributed by atoms with van der Waals surface area (Å²) in [5.74, 6) is 0. The van der Waals surface area contributed by atoms with E-state index in [9.17, 15) is 0 Å². The molecule has 76 heavy (non-hydrogen) atoms. The average molecular weight is 966 g/mol. The van der Waals surface area contributed by atoms with Crippen molar-refractivity contribution in [1.82, 2.24) is 0 Å². The molecule has 354 valence electrons. The third kappa shape index (κ3) is 5.76. The fraction of sp³-hybridized carbons (Fsp3) is 0.0270. The molecule has 2 heteroatoms. The van der Waals surface area contributed by atoms with Crippen LogP contribution < -0.4 is 4.90 Å². The van der Waals surface area contributed by atoms with Crippen LogP contribution in [0.5, 0.6) is 0 Å². The van der Waals surface area contributed by atoms with Crippen molar-refractivity contribution in [2.24, 2.45) is 0 Å². The van der Waals surface area contributed by atoms with Crippen LogP contribution in [0.1, 0.15) is 44.5 Å². The van der Waals surface area contributed by atoms with E-state index < -0.39 is 10.8 Å². The van der Waals surface area contributed by atoms with Gasteiger partial charge in [0.05, 0.1) is 16.5 Å². The van der Waals surface area contributed by atoms with E-state index in [1.807, 2.05) is 6.07 Å². The van der Waals surface area contributed by atoms with Crippen molar-refractivity contribution in [3.8, 4) is 55.6 Å². The highest BCUT2D eigenvalue weighted by molar-refractivity contribution is 6.11. The van der Waals surface area contributed by atoms with Crippen LogP contribution in [-0.4, -0.2) is 0 Å². The molecule has 3 aliphatic rings. The minimum absolute atomic E-state index is 0.484. The van der Waals surface area contributed by atoms with Crippen molar-refractivity contribution < 1.29 is 4.42 Å². The number of anilines is 3. The minimum Gasteiger partial charge on any atom is -0.455 e. The molecular formula is C74H47NO. The number of para-hydroxylation sites is 3. The van der Waals surface area contributed by atoms with Crippen molar-refractivity contribution in [2.45, 2.75) is 10.8 Å². The van der Waals surface area contributed by atoms with Crippen LogP contribution in [0, 0.1) is 0 Å². The summed E-state index contributed by atoms with van der Waals surface area (Å²) in [6.07, 6.45) is 0. The quantitative estimate of drug-likeness (QED) is 0.165. The molecule has 0 unspecified atom stereocenters. The maximum atomic E-state index is 6.69. The van der Waals surface area contributed by atoms with Crippen LogP contribution in [0.15, 0.2) is 290 Å². The predicted octanol–water partition coefficient (Wildman–Crippen LogP) is 19.1. The highest BCUT2D eigenvalue weighted by Crippen LogP contribution is 2.68. The lowest BCUT2D eigenvalue weighted by Gasteiger charge is -2.48. The van der Waals surface area contributed by atoms with Gasteiger partial charge in [-0.25, -0.2) is 0 Å². The summed E-state index contributed by atoms with van der Waals surface area (Å²) >= 11 is 0. The maximum absolute atomic E-state index is 6.69. The Labute approximate surface area is 442 Å². The van der Waals surface area contributed by atoms with Gasteiger partial charge >= 0.3 is 0 Å². The molecule has 1 heterocycles. The van der Waals surface area contributed by atoms with E-state index in [2.05, 4.69) is 284 Å². The van der Waals surface area contributed by atoms with E-state index in [4.69, 9.17) is 4.42 Å². The van der Waals surface area contributed by atoms with Gasteiger partial charge in [-0.3, -0.25) is 0 Å². The Balaban J connectivity index is 0.880. The summed E-state index contributed by atoms with van der Waals surface area (Å²) in [6.45, 7) is 0. The highest BCUT2D eigenvalue weighted by atomic mass is 16.3. The number of rotatable bonds is 6. The lowest BCUT2D eigenvalue weighted by Crippen LogP contribution is -2.43. The molecule has 2 nitrogen and oxygen atoms in total. The molecule has 0 saturated carbocycles. The van der Waals surface area contributed by atoms with Crippen molar-refractivity contribution in [3.05, 3.63) is 330 Å². The molecule has 1 aromatic heterocycles. The minimum atomic E-state index is -0.568. The second-order valence-corrected chi connectivity index (χ2v) is 20.5. The maximum Gasteiger partial charge on any atom is 0.143 e. The first-order chi connectivity index (χ1) is 37.7. The van der Waals surface area contributed by atoms with Crippen LogP contribution in [0.4, 0.5) is 17.1 Å². The van der Waals surface area contributed by atoms with Crippen LogP contribution in [0.25, 0.3) is 77.6 Å². The van der Waals surface area contributed by atoms with Gasteiger partial charge in [0.25, 0.3) is 0 Å². The van der Waals surface area contributed by atoms with Gasteiger partial charge < -0.3 is 9.32 Å². The zero-order valence-corrected chi connectivity index (χ0v) is 41.5. The molecule has 0 N–H and O–H groups in total. The van der Waals surface area contributed by atoms with Crippen molar-refractivity contribution >= 4 is 39.0 Å². The first-order valence-corrected chi connectivity index (χ1v) is 26.4. The molecule has 0 bridgehead atoms. The molecule has 3 aliphatic carbocycles.